The quantitative estimate of drug-likeness (QED) is 0.819. The monoisotopic (exact) mass is 252 g/mol. The molecule has 3 heteroatoms. The minimum absolute atomic E-state index is 0.00191. The molecule has 0 unspecified atom stereocenters. The van der Waals surface area contributed by atoms with Crippen molar-refractivity contribution in [3.05, 3.63) is 65.2 Å². The van der Waals surface area contributed by atoms with Gasteiger partial charge in [0.2, 0.25) is 5.91 Å². The van der Waals surface area contributed by atoms with E-state index in [0.29, 0.717) is 6.54 Å². The van der Waals surface area contributed by atoms with E-state index in [0.717, 1.165) is 11.3 Å². The van der Waals surface area contributed by atoms with Gasteiger partial charge >= 0.3 is 0 Å². The molecule has 1 amide bonds. The zero-order valence-electron chi connectivity index (χ0n) is 10.8. The summed E-state index contributed by atoms with van der Waals surface area (Å²) in [6, 6.07) is 16.4. The van der Waals surface area contributed by atoms with Crippen molar-refractivity contribution in [1.82, 2.24) is 5.32 Å². The van der Waals surface area contributed by atoms with Crippen LogP contribution < -0.4 is 10.6 Å². The van der Waals surface area contributed by atoms with Crippen molar-refractivity contribution in [2.24, 2.45) is 0 Å². The topological polar surface area (TPSA) is 41.1 Å². The number of fused-ring (bicyclic) bond motifs is 1. The molecule has 1 heterocycles. The molecule has 1 aliphatic rings. The van der Waals surface area contributed by atoms with Gasteiger partial charge in [-0.05, 0) is 24.1 Å². The molecule has 19 heavy (non-hydrogen) atoms. The van der Waals surface area contributed by atoms with Crippen LogP contribution in [0.15, 0.2) is 48.5 Å². The van der Waals surface area contributed by atoms with E-state index < -0.39 is 0 Å². The number of rotatable bonds is 1. The largest absolute Gasteiger partial charge is 0.325 e. The first kappa shape index (κ1) is 11.9. The Labute approximate surface area is 112 Å². The van der Waals surface area contributed by atoms with Gasteiger partial charge in [-0.25, -0.2) is 0 Å². The van der Waals surface area contributed by atoms with Crippen molar-refractivity contribution in [2.45, 2.75) is 13.0 Å². The first-order valence-corrected chi connectivity index (χ1v) is 6.43. The maximum absolute atomic E-state index is 11.7. The van der Waals surface area contributed by atoms with Crippen LogP contribution in [0.3, 0.4) is 0 Å². The molecule has 1 atom stereocenters. The highest BCUT2D eigenvalue weighted by molar-refractivity contribution is 5.94. The lowest BCUT2D eigenvalue weighted by Crippen LogP contribution is -2.27. The molecule has 0 spiro atoms. The van der Waals surface area contributed by atoms with Crippen LogP contribution in [-0.4, -0.2) is 12.5 Å². The number of carbonyl (C=O) groups is 1. The lowest BCUT2D eigenvalue weighted by molar-refractivity contribution is -0.115. The molecular weight excluding hydrogens is 236 g/mol. The molecule has 0 saturated heterocycles. The third-order valence-electron chi connectivity index (χ3n) is 3.42. The zero-order chi connectivity index (χ0) is 13.2. The van der Waals surface area contributed by atoms with Gasteiger partial charge in [0.1, 0.15) is 0 Å². The predicted molar refractivity (Wildman–Crippen MR) is 76.1 cm³/mol. The number of benzene rings is 2. The number of anilines is 1. The smallest absolute Gasteiger partial charge is 0.238 e. The molecule has 96 valence electrons. The fourth-order valence-electron chi connectivity index (χ4n) is 2.42. The summed E-state index contributed by atoms with van der Waals surface area (Å²) < 4.78 is 0. The van der Waals surface area contributed by atoms with E-state index >= 15 is 0 Å². The summed E-state index contributed by atoms with van der Waals surface area (Å²) >= 11 is 0. The second kappa shape index (κ2) is 4.86. The second-order valence-corrected chi connectivity index (χ2v) is 4.86. The number of hydrogen-bond acceptors (Lipinski definition) is 2. The van der Waals surface area contributed by atoms with Crippen molar-refractivity contribution in [1.29, 1.82) is 0 Å². The summed E-state index contributed by atoms with van der Waals surface area (Å²) in [6.45, 7) is 2.40. The van der Waals surface area contributed by atoms with Crippen molar-refractivity contribution in [2.75, 3.05) is 11.9 Å². The maximum atomic E-state index is 11.7. The van der Waals surface area contributed by atoms with E-state index in [1.165, 1.54) is 11.1 Å². The number of hydrogen-bond donors (Lipinski definition) is 2. The Hall–Kier alpha value is -2.13. The summed E-state index contributed by atoms with van der Waals surface area (Å²) in [5.74, 6) is 0.00191. The summed E-state index contributed by atoms with van der Waals surface area (Å²) in [5.41, 5.74) is 4.41. The summed E-state index contributed by atoms with van der Waals surface area (Å²) in [4.78, 5) is 11.7. The van der Waals surface area contributed by atoms with Crippen molar-refractivity contribution >= 4 is 11.6 Å². The minimum Gasteiger partial charge on any atom is -0.325 e. The van der Waals surface area contributed by atoms with Crippen LogP contribution in [-0.2, 0) is 4.79 Å². The van der Waals surface area contributed by atoms with Crippen LogP contribution in [0, 0.1) is 6.92 Å². The van der Waals surface area contributed by atoms with E-state index in [4.69, 9.17) is 0 Å². The highest BCUT2D eigenvalue weighted by Crippen LogP contribution is 2.29. The summed E-state index contributed by atoms with van der Waals surface area (Å²) in [7, 11) is 0. The standard InChI is InChI=1S/C16H16N2O/c1-11-6-8-12(9-7-11)16-13-4-2-3-5-14(13)18-15(19)10-17-16/h2-9,16-17H,10H2,1H3,(H,18,19)/t16-/m1/s1. The van der Waals surface area contributed by atoms with Crippen molar-refractivity contribution in [3.63, 3.8) is 0 Å². The molecule has 0 saturated carbocycles. The van der Waals surface area contributed by atoms with Gasteiger partial charge in [-0.2, -0.15) is 0 Å². The van der Waals surface area contributed by atoms with E-state index in [9.17, 15) is 4.79 Å². The van der Waals surface area contributed by atoms with Crippen LogP contribution >= 0.6 is 0 Å². The lowest BCUT2D eigenvalue weighted by Gasteiger charge is -2.18. The number of amides is 1. The molecule has 3 rings (SSSR count). The Balaban J connectivity index is 2.06. The number of nitrogens with one attached hydrogen (secondary N) is 2. The van der Waals surface area contributed by atoms with E-state index in [1.807, 2.05) is 18.2 Å². The number of para-hydroxylation sites is 1. The Kier molecular flexibility index (Phi) is 3.05. The second-order valence-electron chi connectivity index (χ2n) is 4.86. The third kappa shape index (κ3) is 2.37. The normalized spacial score (nSPS) is 18.4. The molecule has 0 radical (unpaired) electrons. The first-order chi connectivity index (χ1) is 9.24. The van der Waals surface area contributed by atoms with Gasteiger partial charge in [0.05, 0.1) is 12.6 Å². The van der Waals surface area contributed by atoms with Crippen LogP contribution in [0.5, 0.6) is 0 Å². The van der Waals surface area contributed by atoms with Crippen molar-refractivity contribution < 1.29 is 4.79 Å². The predicted octanol–water partition coefficient (Wildman–Crippen LogP) is 2.63. The van der Waals surface area contributed by atoms with Gasteiger partial charge < -0.3 is 5.32 Å². The fourth-order valence-corrected chi connectivity index (χ4v) is 2.42. The van der Waals surface area contributed by atoms with Crippen LogP contribution in [0.2, 0.25) is 0 Å². The minimum atomic E-state index is 0.00191. The Morgan fingerprint density at radius 3 is 2.58 bits per heavy atom. The van der Waals surface area contributed by atoms with Crippen LogP contribution in [0.1, 0.15) is 22.7 Å². The molecule has 0 aromatic heterocycles. The Morgan fingerprint density at radius 1 is 1.05 bits per heavy atom. The average molecular weight is 252 g/mol. The molecule has 2 aromatic carbocycles. The number of aryl methyl sites for hydroxylation is 1. The van der Waals surface area contributed by atoms with E-state index in [2.05, 4.69) is 47.9 Å². The van der Waals surface area contributed by atoms with E-state index in [-0.39, 0.29) is 11.9 Å². The molecule has 0 fully saturated rings. The zero-order valence-corrected chi connectivity index (χ0v) is 10.8. The van der Waals surface area contributed by atoms with Gasteiger partial charge in [-0.3, -0.25) is 10.1 Å². The van der Waals surface area contributed by atoms with Crippen LogP contribution in [0.25, 0.3) is 0 Å². The molecule has 2 N–H and O–H groups in total. The molecule has 1 aliphatic heterocycles. The molecule has 0 aliphatic carbocycles. The van der Waals surface area contributed by atoms with Crippen LogP contribution in [0.4, 0.5) is 5.69 Å². The molecular formula is C16H16N2O. The SMILES string of the molecule is Cc1ccc([C@H]2NCC(=O)Nc3ccccc32)cc1. The first-order valence-electron chi connectivity index (χ1n) is 6.43. The van der Waals surface area contributed by atoms with Gasteiger partial charge in [-0.15, -0.1) is 0 Å². The fraction of sp³-hybridized carbons (Fsp3) is 0.188. The molecule has 0 bridgehead atoms. The highest BCUT2D eigenvalue weighted by atomic mass is 16.1. The molecule has 2 aromatic rings. The van der Waals surface area contributed by atoms with Gasteiger partial charge in [0.15, 0.2) is 0 Å². The van der Waals surface area contributed by atoms with Crippen molar-refractivity contribution in [3.8, 4) is 0 Å². The summed E-state index contributed by atoms with van der Waals surface area (Å²) in [5, 5.41) is 6.24. The Bertz CT molecular complexity index is 604. The van der Waals surface area contributed by atoms with Gasteiger partial charge in [-0.1, -0.05) is 48.0 Å². The maximum Gasteiger partial charge on any atom is 0.238 e. The van der Waals surface area contributed by atoms with E-state index in [1.54, 1.807) is 0 Å². The third-order valence-corrected chi connectivity index (χ3v) is 3.42. The number of carbonyl (C=O) groups excluding carboxylic acids is 1. The average Bonchev–Trinajstić information content (AvgIpc) is 2.58. The van der Waals surface area contributed by atoms with Gasteiger partial charge in [0.25, 0.3) is 0 Å². The van der Waals surface area contributed by atoms with Gasteiger partial charge in [0, 0.05) is 5.69 Å². The lowest BCUT2D eigenvalue weighted by atomic mass is 9.97. The Morgan fingerprint density at radius 2 is 1.79 bits per heavy atom. The highest BCUT2D eigenvalue weighted by Gasteiger charge is 2.22. The molecule has 3 nitrogen and oxygen atoms in total. The summed E-state index contributed by atoms with van der Waals surface area (Å²) in [6.07, 6.45) is 0.